The van der Waals surface area contributed by atoms with Crippen molar-refractivity contribution in [1.82, 2.24) is 20.1 Å². The normalized spacial score (nSPS) is 25.4. The minimum atomic E-state index is -1.88. The maximum Gasteiger partial charge on any atom is 0.329 e. The Bertz CT molecular complexity index is 1080. The van der Waals surface area contributed by atoms with E-state index in [1.165, 1.54) is 19.1 Å². The number of nitrogens with one attached hydrogen (secondary N) is 1. The average Bonchev–Trinajstić information content (AvgIpc) is 3.35. The highest BCUT2D eigenvalue weighted by Gasteiger charge is 2.50. The van der Waals surface area contributed by atoms with E-state index in [1.807, 2.05) is 0 Å². The summed E-state index contributed by atoms with van der Waals surface area (Å²) in [5.74, 6) is -4.24. The van der Waals surface area contributed by atoms with Crippen LogP contribution in [0.4, 0.5) is 0 Å². The first kappa shape index (κ1) is 26.0. The number of nitrogens with zero attached hydrogens (tertiary/aromatic N) is 3. The average molecular weight is 495 g/mol. The standard InChI is InChI=1S/C20H25N5O10/c1-7(14(29)9-3-2-8(27)4-22-9)12(21)18(32)23-13(20(33)34)17-15(30)16(31)19(35-17)25-5-11(28)10(6-26)24-25/h2-7,12-17,19,27-31H,21H2,1H3,(H,23,32)(H,33,34). The fourth-order valence-electron chi connectivity index (χ4n) is 3.60. The number of ether oxygens (including phenoxy) is 1. The minimum absolute atomic E-state index is 0.117. The molecule has 0 aliphatic carbocycles. The van der Waals surface area contributed by atoms with E-state index >= 15 is 0 Å². The molecule has 1 saturated heterocycles. The lowest BCUT2D eigenvalue weighted by Gasteiger charge is -2.28. The molecule has 15 heteroatoms. The Labute approximate surface area is 197 Å². The smallest absolute Gasteiger partial charge is 0.329 e. The molecule has 0 bridgehead atoms. The number of hydrogen-bond acceptors (Lipinski definition) is 12. The predicted octanol–water partition coefficient (Wildman–Crippen LogP) is -2.61. The second kappa shape index (κ2) is 10.3. The number of amides is 1. The van der Waals surface area contributed by atoms with Gasteiger partial charge in [-0.1, -0.05) is 6.92 Å². The van der Waals surface area contributed by atoms with Crippen molar-refractivity contribution in [2.45, 2.75) is 49.7 Å². The molecule has 3 rings (SSSR count). The minimum Gasteiger partial charge on any atom is -0.506 e. The van der Waals surface area contributed by atoms with Crippen molar-refractivity contribution in [3.63, 3.8) is 0 Å². The molecule has 35 heavy (non-hydrogen) atoms. The van der Waals surface area contributed by atoms with Crippen LogP contribution < -0.4 is 11.1 Å². The number of rotatable bonds is 9. The van der Waals surface area contributed by atoms with E-state index in [9.17, 15) is 45.0 Å². The molecule has 0 radical (unpaired) electrons. The van der Waals surface area contributed by atoms with Crippen molar-refractivity contribution in [1.29, 1.82) is 0 Å². The lowest BCUT2D eigenvalue weighted by molar-refractivity contribution is -0.150. The molecule has 1 amide bonds. The summed E-state index contributed by atoms with van der Waals surface area (Å²) in [6.45, 7) is 1.43. The van der Waals surface area contributed by atoms with E-state index in [1.54, 1.807) is 0 Å². The number of hydrogen-bond donors (Lipinski definition) is 8. The van der Waals surface area contributed by atoms with Crippen LogP contribution in [-0.2, 0) is 14.3 Å². The Hall–Kier alpha value is -3.63. The number of carboxylic acid groups (broad SMARTS) is 1. The molecule has 8 atom stereocenters. The van der Waals surface area contributed by atoms with Crippen LogP contribution in [0.2, 0.25) is 0 Å². The third-order valence-corrected chi connectivity index (χ3v) is 5.72. The summed E-state index contributed by atoms with van der Waals surface area (Å²) in [4.78, 5) is 39.3. The molecule has 8 unspecified atom stereocenters. The van der Waals surface area contributed by atoms with E-state index in [0.29, 0.717) is 0 Å². The molecule has 190 valence electrons. The van der Waals surface area contributed by atoms with Gasteiger partial charge in [-0.05, 0) is 12.1 Å². The molecule has 2 aromatic rings. The summed E-state index contributed by atoms with van der Waals surface area (Å²) < 4.78 is 6.27. The number of aliphatic hydroxyl groups is 3. The summed E-state index contributed by atoms with van der Waals surface area (Å²) in [5, 5.41) is 65.7. The number of carbonyl (C=O) groups is 3. The van der Waals surface area contributed by atoms with Gasteiger partial charge in [0.25, 0.3) is 0 Å². The molecule has 2 aromatic heterocycles. The summed E-state index contributed by atoms with van der Waals surface area (Å²) in [7, 11) is 0. The number of aromatic hydroxyl groups is 2. The summed E-state index contributed by atoms with van der Waals surface area (Å²) >= 11 is 0. The number of pyridine rings is 1. The van der Waals surface area contributed by atoms with Crippen LogP contribution in [0.3, 0.4) is 0 Å². The molecule has 1 fully saturated rings. The Morgan fingerprint density at radius 1 is 1.26 bits per heavy atom. The van der Waals surface area contributed by atoms with Crippen LogP contribution in [0.25, 0.3) is 0 Å². The largest absolute Gasteiger partial charge is 0.506 e. The van der Waals surface area contributed by atoms with Gasteiger partial charge in [-0.2, -0.15) is 5.10 Å². The van der Waals surface area contributed by atoms with Crippen LogP contribution >= 0.6 is 0 Å². The first-order chi connectivity index (χ1) is 16.5. The third-order valence-electron chi connectivity index (χ3n) is 5.72. The maximum absolute atomic E-state index is 12.7. The Balaban J connectivity index is 1.74. The zero-order valence-corrected chi connectivity index (χ0v) is 18.2. The molecule has 0 saturated carbocycles. The van der Waals surface area contributed by atoms with Crippen molar-refractivity contribution in [2.24, 2.45) is 11.7 Å². The first-order valence-electron chi connectivity index (χ1n) is 10.3. The molecule has 9 N–H and O–H groups in total. The lowest BCUT2D eigenvalue weighted by atomic mass is 9.92. The zero-order valence-electron chi connectivity index (χ0n) is 18.2. The number of aliphatic carboxylic acids is 1. The Morgan fingerprint density at radius 3 is 2.49 bits per heavy atom. The highest BCUT2D eigenvalue weighted by Crippen LogP contribution is 2.32. The van der Waals surface area contributed by atoms with Gasteiger partial charge in [0.05, 0.1) is 24.1 Å². The van der Waals surface area contributed by atoms with E-state index in [4.69, 9.17) is 10.5 Å². The van der Waals surface area contributed by atoms with Gasteiger partial charge in [0.2, 0.25) is 5.91 Å². The second-order valence-corrected chi connectivity index (χ2v) is 8.07. The van der Waals surface area contributed by atoms with E-state index in [-0.39, 0.29) is 23.4 Å². The second-order valence-electron chi connectivity index (χ2n) is 8.07. The van der Waals surface area contributed by atoms with Gasteiger partial charge in [-0.3, -0.25) is 14.6 Å². The quantitative estimate of drug-likeness (QED) is 0.166. The zero-order chi connectivity index (χ0) is 26.0. The molecule has 1 aliphatic rings. The summed E-state index contributed by atoms with van der Waals surface area (Å²) in [6.07, 6.45) is -5.75. The van der Waals surface area contributed by atoms with Crippen molar-refractivity contribution < 1.29 is 49.8 Å². The highest BCUT2D eigenvalue weighted by atomic mass is 16.6. The van der Waals surface area contributed by atoms with E-state index in [2.05, 4.69) is 15.4 Å². The van der Waals surface area contributed by atoms with Gasteiger partial charge in [0.1, 0.15) is 30.2 Å². The SMILES string of the molecule is CC(C(N)C(=O)NC(C(=O)O)C1OC(n2cc(O)c(C=O)n2)C(O)C1O)C(O)c1ccc(O)cn1. The number of nitrogens with two attached hydrogens (primary N) is 1. The van der Waals surface area contributed by atoms with Crippen molar-refractivity contribution >= 4 is 18.2 Å². The fraction of sp³-hybridized carbons (Fsp3) is 0.450. The first-order valence-corrected chi connectivity index (χ1v) is 10.3. The van der Waals surface area contributed by atoms with Crippen LogP contribution in [0, 0.1) is 5.92 Å². The molecular weight excluding hydrogens is 470 g/mol. The fourth-order valence-corrected chi connectivity index (χ4v) is 3.60. The Morgan fingerprint density at radius 2 is 1.94 bits per heavy atom. The topological polar surface area (TPSA) is 251 Å². The monoisotopic (exact) mass is 495 g/mol. The van der Waals surface area contributed by atoms with Crippen molar-refractivity contribution in [3.05, 3.63) is 35.9 Å². The van der Waals surface area contributed by atoms with Crippen LogP contribution in [0.5, 0.6) is 11.5 Å². The third kappa shape index (κ3) is 5.23. The van der Waals surface area contributed by atoms with Crippen molar-refractivity contribution in [2.75, 3.05) is 0 Å². The summed E-state index contributed by atoms with van der Waals surface area (Å²) in [5.41, 5.74) is 5.67. The predicted molar refractivity (Wildman–Crippen MR) is 113 cm³/mol. The summed E-state index contributed by atoms with van der Waals surface area (Å²) in [6, 6.07) is -0.703. The van der Waals surface area contributed by atoms with Gasteiger partial charge < -0.3 is 46.4 Å². The number of aldehydes is 1. The number of aromatic nitrogens is 3. The highest BCUT2D eigenvalue weighted by molar-refractivity contribution is 5.87. The Kier molecular flexibility index (Phi) is 7.67. The van der Waals surface area contributed by atoms with Gasteiger partial charge in [-0.15, -0.1) is 0 Å². The van der Waals surface area contributed by atoms with Gasteiger partial charge in [0, 0.05) is 5.92 Å². The van der Waals surface area contributed by atoms with Crippen LogP contribution in [0.1, 0.15) is 35.4 Å². The molecule has 0 spiro atoms. The molecule has 0 aromatic carbocycles. The van der Waals surface area contributed by atoms with Gasteiger partial charge in [-0.25, -0.2) is 9.48 Å². The van der Waals surface area contributed by atoms with E-state index < -0.39 is 66.3 Å². The number of carbonyl (C=O) groups excluding carboxylic acids is 2. The molecular formula is C20H25N5O10. The van der Waals surface area contributed by atoms with E-state index in [0.717, 1.165) is 17.1 Å². The van der Waals surface area contributed by atoms with Gasteiger partial charge in [0.15, 0.2) is 30.0 Å². The number of aliphatic hydroxyl groups excluding tert-OH is 3. The molecule has 15 nitrogen and oxygen atoms in total. The number of carboxylic acids is 1. The lowest BCUT2D eigenvalue weighted by Crippen LogP contribution is -2.57. The van der Waals surface area contributed by atoms with Crippen LogP contribution in [-0.4, -0.2) is 94.0 Å². The molecule has 3 heterocycles. The van der Waals surface area contributed by atoms with Crippen LogP contribution in [0.15, 0.2) is 24.5 Å². The molecule has 1 aliphatic heterocycles. The maximum atomic E-state index is 12.7. The van der Waals surface area contributed by atoms with Crippen molar-refractivity contribution in [3.8, 4) is 11.5 Å². The van der Waals surface area contributed by atoms with Gasteiger partial charge >= 0.3 is 5.97 Å².